The molecule has 0 spiro atoms. The van der Waals surface area contributed by atoms with Gasteiger partial charge in [0.05, 0.1) is 11.0 Å². The molecule has 2 atom stereocenters. The summed E-state index contributed by atoms with van der Waals surface area (Å²) in [7, 11) is -3.80. The number of hydrogen-bond acceptors (Lipinski definition) is 4. The smallest absolute Gasteiger partial charge is 0.221 e. The molecule has 1 aliphatic carbocycles. The topological polar surface area (TPSA) is 74.7 Å². The van der Waals surface area contributed by atoms with E-state index in [1.807, 2.05) is 6.07 Å². The summed E-state index contributed by atoms with van der Waals surface area (Å²) in [4.78, 5) is 12.3. The lowest BCUT2D eigenvalue weighted by Crippen LogP contribution is -2.57. The number of carbonyl (C=O) groups is 1. The van der Waals surface area contributed by atoms with Gasteiger partial charge in [-0.25, -0.2) is 17.2 Å². The maximum absolute atomic E-state index is 15.2. The van der Waals surface area contributed by atoms with Crippen LogP contribution < -0.4 is 0 Å². The van der Waals surface area contributed by atoms with Gasteiger partial charge in [-0.15, -0.1) is 0 Å². The number of nitrogens with zero attached hydrogens (tertiary/aromatic N) is 1. The second-order valence-corrected chi connectivity index (χ2v) is 11.9. The van der Waals surface area contributed by atoms with Gasteiger partial charge in [-0.3, -0.25) is 4.79 Å². The van der Waals surface area contributed by atoms with E-state index in [4.69, 9.17) is 0 Å². The minimum atomic E-state index is -3.80. The Morgan fingerprint density at radius 3 is 2.33 bits per heavy atom. The monoisotopic (exact) mass is 477 g/mol. The van der Waals surface area contributed by atoms with Gasteiger partial charge in [0.2, 0.25) is 10.0 Å². The van der Waals surface area contributed by atoms with Crippen molar-refractivity contribution in [1.82, 2.24) is 4.31 Å². The first-order valence-corrected chi connectivity index (χ1v) is 12.7. The van der Waals surface area contributed by atoms with Crippen molar-refractivity contribution in [3.63, 3.8) is 0 Å². The van der Waals surface area contributed by atoms with Crippen LogP contribution in [0.3, 0.4) is 0 Å². The van der Waals surface area contributed by atoms with Crippen LogP contribution in [0.5, 0.6) is 0 Å². The Bertz CT molecular complexity index is 1170. The summed E-state index contributed by atoms with van der Waals surface area (Å²) in [6.07, 6.45) is 1.09. The molecule has 1 N–H and O–H groups in total. The molecule has 1 saturated carbocycles. The average Bonchev–Trinajstić information content (AvgIpc) is 2.71. The van der Waals surface area contributed by atoms with Gasteiger partial charge in [0.1, 0.15) is 22.7 Å². The van der Waals surface area contributed by atoms with Crippen LogP contribution in [-0.4, -0.2) is 35.3 Å². The standard InChI is InChI=1S/C25H29F2NO4S/c1-16-9-10-23(18-7-5-4-6-8-18)33(31,32)28(16)13-19-11-22(27)20(12-21(19)26)25(17(2)29)14-24(3,30)15-25/h4-8,11-12,16,23,30H,9-10,13-15H2,1-3H3/t16-,23+,24?,25?/m0/s1. The molecule has 5 nitrogen and oxygen atoms in total. The van der Waals surface area contributed by atoms with Crippen molar-refractivity contribution in [2.24, 2.45) is 0 Å². The zero-order valence-corrected chi connectivity index (χ0v) is 19.8. The molecular weight excluding hydrogens is 448 g/mol. The maximum Gasteiger partial charge on any atom is 0.221 e. The predicted molar refractivity (Wildman–Crippen MR) is 121 cm³/mol. The van der Waals surface area contributed by atoms with Crippen molar-refractivity contribution in [1.29, 1.82) is 0 Å². The minimum Gasteiger partial charge on any atom is -0.390 e. The Morgan fingerprint density at radius 2 is 1.76 bits per heavy atom. The van der Waals surface area contributed by atoms with Gasteiger partial charge in [-0.2, -0.15) is 4.31 Å². The molecule has 2 fully saturated rings. The van der Waals surface area contributed by atoms with E-state index >= 15 is 8.78 Å². The Labute approximate surface area is 193 Å². The zero-order valence-electron chi connectivity index (χ0n) is 19.0. The number of rotatable bonds is 5. The molecule has 0 unspecified atom stereocenters. The molecule has 1 heterocycles. The molecule has 0 radical (unpaired) electrons. The summed E-state index contributed by atoms with van der Waals surface area (Å²) >= 11 is 0. The lowest BCUT2D eigenvalue weighted by molar-refractivity contribution is -0.140. The Morgan fingerprint density at radius 1 is 1.12 bits per heavy atom. The van der Waals surface area contributed by atoms with Gasteiger partial charge in [0, 0.05) is 23.7 Å². The highest BCUT2D eigenvalue weighted by Crippen LogP contribution is 2.51. The van der Waals surface area contributed by atoms with E-state index in [0.29, 0.717) is 18.4 Å². The van der Waals surface area contributed by atoms with E-state index in [1.54, 1.807) is 38.1 Å². The van der Waals surface area contributed by atoms with Crippen molar-refractivity contribution < 1.29 is 27.1 Å². The molecule has 1 aliphatic heterocycles. The van der Waals surface area contributed by atoms with Crippen molar-refractivity contribution in [2.75, 3.05) is 0 Å². The highest BCUT2D eigenvalue weighted by atomic mass is 32.2. The number of carbonyl (C=O) groups excluding carboxylic acids is 1. The highest BCUT2D eigenvalue weighted by Gasteiger charge is 2.56. The van der Waals surface area contributed by atoms with Crippen molar-refractivity contribution >= 4 is 15.8 Å². The fourth-order valence-electron chi connectivity index (χ4n) is 5.47. The van der Waals surface area contributed by atoms with E-state index in [9.17, 15) is 18.3 Å². The maximum atomic E-state index is 15.2. The molecule has 2 aromatic rings. The van der Waals surface area contributed by atoms with E-state index in [0.717, 1.165) is 12.1 Å². The number of halogens is 2. The van der Waals surface area contributed by atoms with E-state index in [1.165, 1.54) is 11.2 Å². The molecule has 0 amide bonds. The molecule has 4 rings (SSSR count). The second kappa shape index (κ2) is 8.25. The number of benzene rings is 2. The Balaban J connectivity index is 1.66. The molecule has 0 aromatic heterocycles. The fourth-order valence-corrected chi connectivity index (χ4v) is 7.66. The highest BCUT2D eigenvalue weighted by molar-refractivity contribution is 7.89. The third-order valence-corrected chi connectivity index (χ3v) is 9.58. The van der Waals surface area contributed by atoms with Gasteiger partial charge < -0.3 is 5.11 Å². The van der Waals surface area contributed by atoms with Gasteiger partial charge in [0.25, 0.3) is 0 Å². The van der Waals surface area contributed by atoms with E-state index < -0.39 is 37.9 Å². The molecule has 2 aliphatic rings. The summed E-state index contributed by atoms with van der Waals surface area (Å²) in [5, 5.41) is 9.42. The van der Waals surface area contributed by atoms with E-state index in [2.05, 4.69) is 0 Å². The summed E-state index contributed by atoms with van der Waals surface area (Å²) in [5.41, 5.74) is -1.87. The normalized spacial score (nSPS) is 31.7. The SMILES string of the molecule is CC(=O)C1(c2cc(F)c(CN3[C@@H](C)CC[C@H](c4ccccc4)S3(=O)=O)cc2F)CC(C)(O)C1. The fraction of sp³-hybridized carbons (Fsp3) is 0.480. The van der Waals surface area contributed by atoms with Gasteiger partial charge in [0.15, 0.2) is 0 Å². The Kier molecular flexibility index (Phi) is 6.00. The van der Waals surface area contributed by atoms with E-state index in [-0.39, 0.29) is 42.3 Å². The minimum absolute atomic E-state index is 0.0152. The van der Waals surface area contributed by atoms with Crippen LogP contribution in [0.1, 0.15) is 68.4 Å². The lowest BCUT2D eigenvalue weighted by Gasteiger charge is -2.50. The number of aliphatic hydroxyl groups is 1. The van der Waals surface area contributed by atoms with Crippen LogP contribution in [0, 0.1) is 11.6 Å². The zero-order chi connectivity index (χ0) is 24.2. The summed E-state index contributed by atoms with van der Waals surface area (Å²) in [6.45, 7) is 4.35. The molecule has 178 valence electrons. The summed E-state index contributed by atoms with van der Waals surface area (Å²) in [5.74, 6) is -1.86. The van der Waals surface area contributed by atoms with Crippen LogP contribution in [0.4, 0.5) is 8.78 Å². The molecule has 8 heteroatoms. The van der Waals surface area contributed by atoms with Gasteiger partial charge in [-0.1, -0.05) is 30.3 Å². The predicted octanol–water partition coefficient (Wildman–Crippen LogP) is 4.39. The van der Waals surface area contributed by atoms with Crippen LogP contribution >= 0.6 is 0 Å². The number of ketones is 1. The number of hydrogen-bond donors (Lipinski definition) is 1. The van der Waals surface area contributed by atoms with Crippen LogP contribution in [0.25, 0.3) is 0 Å². The molecule has 33 heavy (non-hydrogen) atoms. The first kappa shape index (κ1) is 24.0. The largest absolute Gasteiger partial charge is 0.390 e. The summed E-state index contributed by atoms with van der Waals surface area (Å²) < 4.78 is 58.4. The van der Waals surface area contributed by atoms with Crippen LogP contribution in [0.2, 0.25) is 0 Å². The van der Waals surface area contributed by atoms with Crippen LogP contribution in [0.15, 0.2) is 42.5 Å². The van der Waals surface area contributed by atoms with Crippen LogP contribution in [-0.2, 0) is 26.8 Å². The first-order chi connectivity index (χ1) is 15.4. The number of sulfonamides is 1. The second-order valence-electron chi connectivity index (χ2n) is 9.83. The number of Topliss-reactive ketones (excluding diaryl/α,β-unsaturated/α-hetero) is 1. The average molecular weight is 478 g/mol. The summed E-state index contributed by atoms with van der Waals surface area (Å²) in [6, 6.07) is 10.5. The van der Waals surface area contributed by atoms with Crippen molar-refractivity contribution in [2.45, 2.75) is 75.3 Å². The lowest BCUT2D eigenvalue weighted by atomic mass is 9.55. The molecule has 1 saturated heterocycles. The quantitative estimate of drug-likeness (QED) is 0.693. The van der Waals surface area contributed by atoms with Crippen molar-refractivity contribution in [3.05, 3.63) is 70.8 Å². The van der Waals surface area contributed by atoms with Gasteiger partial charge in [-0.05, 0) is 64.2 Å². The van der Waals surface area contributed by atoms with Crippen molar-refractivity contribution in [3.8, 4) is 0 Å². The third-order valence-electron chi connectivity index (χ3n) is 7.21. The Hall–Kier alpha value is -2.16. The first-order valence-electron chi connectivity index (χ1n) is 11.1. The molecule has 2 aromatic carbocycles. The van der Waals surface area contributed by atoms with Gasteiger partial charge >= 0.3 is 0 Å². The molecule has 0 bridgehead atoms. The third kappa shape index (κ3) is 4.13. The molecular formula is C25H29F2NO4S.